The lowest BCUT2D eigenvalue weighted by Crippen LogP contribution is -2.71. The number of esters is 3. The van der Waals surface area contributed by atoms with Gasteiger partial charge in [-0.15, -0.1) is 0 Å². The summed E-state index contributed by atoms with van der Waals surface area (Å²) in [6.45, 7) is 1.38. The maximum Gasteiger partial charge on any atom is 0.384 e. The van der Waals surface area contributed by atoms with Crippen LogP contribution in [0.5, 0.6) is 0 Å². The lowest BCUT2D eigenvalue weighted by atomic mass is 9.89. The smallest absolute Gasteiger partial charge is 0.384 e. The van der Waals surface area contributed by atoms with E-state index in [0.717, 1.165) is 6.92 Å². The molecule has 1 atom stereocenters. The first-order valence-corrected chi connectivity index (χ1v) is 16.5. The van der Waals surface area contributed by atoms with Gasteiger partial charge in [-0.25, -0.2) is 9.59 Å². The third-order valence-corrected chi connectivity index (χ3v) is 7.92. The predicted molar refractivity (Wildman–Crippen MR) is 166 cm³/mol. The Morgan fingerprint density at radius 2 is 1.07 bits per heavy atom. The largest absolute Gasteiger partial charge is 0.465 e. The quantitative estimate of drug-likeness (QED) is 0.0275. The minimum atomic E-state index is -7.84. The molecule has 0 aromatic heterocycles. The fraction of sp³-hybridized carbons (Fsp3) is 0.788. The van der Waals surface area contributed by atoms with Gasteiger partial charge in [0.25, 0.3) is 0 Å². The Hall–Kier alpha value is -3.07. The molecule has 0 bridgehead atoms. The highest BCUT2D eigenvalue weighted by molar-refractivity contribution is 5.88. The zero-order valence-electron chi connectivity index (χ0n) is 29.9. The maximum atomic E-state index is 14.8. The highest BCUT2D eigenvalue weighted by Gasteiger charge is 2.89. The number of hydrogen-bond donors (Lipinski definition) is 2. The standard InChI is InChI=1S/C33H46F12O9/c1-6-8-9-10-11-12-28(34,35)30(38,39)32(42,43)33(44,45)31(40,41)29(36,37)20-51-16-27(17-52-24(48)7-2,18-53-25(49)21(3)4)19-54-26(50)22(5)13-23(14-46)15-47/h23,46-47H,3,5-20H2,1-2,4H3. The SMILES string of the molecule is C=C(C)C(=O)OCC(COCC(F)(F)C(F)(F)C(F)(F)C(F)(F)C(F)(F)C(F)(F)CCCCCCC)(COC(=O)CC)COC(=O)C(=C)CC(CO)CO. The number of hydrogen-bond acceptors (Lipinski definition) is 9. The van der Waals surface area contributed by atoms with Gasteiger partial charge in [-0.3, -0.25) is 4.79 Å². The van der Waals surface area contributed by atoms with Crippen molar-refractivity contribution in [3.05, 3.63) is 24.3 Å². The molecule has 1 unspecified atom stereocenters. The molecule has 0 aromatic carbocycles. The average molecular weight is 815 g/mol. The zero-order chi connectivity index (χ0) is 42.4. The molecule has 0 aromatic rings. The minimum absolute atomic E-state index is 0.154. The molecule has 9 nitrogen and oxygen atoms in total. The Kier molecular flexibility index (Phi) is 19.6. The third kappa shape index (κ3) is 12.7. The molecule has 0 aliphatic rings. The van der Waals surface area contributed by atoms with Crippen molar-refractivity contribution in [1.29, 1.82) is 0 Å². The second kappa shape index (κ2) is 20.7. The number of carbonyl (C=O) groups excluding carboxylic acids is 3. The highest BCUT2D eigenvalue weighted by atomic mass is 19.4. The van der Waals surface area contributed by atoms with Crippen LogP contribution in [-0.2, 0) is 33.3 Å². The molecule has 0 amide bonds. The molecule has 0 rings (SSSR count). The summed E-state index contributed by atoms with van der Waals surface area (Å²) in [4.78, 5) is 36.6. The van der Waals surface area contributed by atoms with Gasteiger partial charge in [-0.2, -0.15) is 52.7 Å². The molecule has 21 heteroatoms. The summed E-state index contributed by atoms with van der Waals surface area (Å²) in [6.07, 6.45) is -2.99. The molecule has 0 heterocycles. The van der Waals surface area contributed by atoms with Gasteiger partial charge in [0.05, 0.1) is 12.0 Å². The average Bonchev–Trinajstić information content (AvgIpc) is 3.09. The van der Waals surface area contributed by atoms with Crippen LogP contribution in [0.2, 0.25) is 0 Å². The molecular formula is C33H46F12O9. The van der Waals surface area contributed by atoms with E-state index < -0.39 is 129 Å². The van der Waals surface area contributed by atoms with Crippen molar-refractivity contribution in [3.8, 4) is 0 Å². The summed E-state index contributed by atoms with van der Waals surface area (Å²) in [6, 6.07) is 0. The van der Waals surface area contributed by atoms with Gasteiger partial charge in [-0.05, 0) is 19.8 Å². The van der Waals surface area contributed by atoms with Crippen molar-refractivity contribution in [3.63, 3.8) is 0 Å². The number of carbonyl (C=O) groups is 3. The number of unbranched alkanes of at least 4 members (excludes halogenated alkanes) is 4. The molecule has 54 heavy (non-hydrogen) atoms. The van der Waals surface area contributed by atoms with E-state index in [4.69, 9.17) is 14.2 Å². The van der Waals surface area contributed by atoms with Gasteiger partial charge in [0.15, 0.2) is 0 Å². The number of alkyl halides is 12. The Labute approximate surface area is 304 Å². The van der Waals surface area contributed by atoms with E-state index in [2.05, 4.69) is 17.9 Å². The molecule has 316 valence electrons. The summed E-state index contributed by atoms with van der Waals surface area (Å²) >= 11 is 0. The molecule has 0 aliphatic heterocycles. The lowest BCUT2D eigenvalue weighted by molar-refractivity contribution is -0.427. The first-order valence-electron chi connectivity index (χ1n) is 16.5. The topological polar surface area (TPSA) is 129 Å². The van der Waals surface area contributed by atoms with Crippen LogP contribution in [0.4, 0.5) is 52.7 Å². The van der Waals surface area contributed by atoms with Crippen molar-refractivity contribution < 1.29 is 96.2 Å². The Morgan fingerprint density at radius 3 is 1.54 bits per heavy atom. The van der Waals surface area contributed by atoms with Crippen LogP contribution < -0.4 is 0 Å². The van der Waals surface area contributed by atoms with Gasteiger partial charge in [0.2, 0.25) is 0 Å². The predicted octanol–water partition coefficient (Wildman–Crippen LogP) is 7.32. The molecule has 0 saturated heterocycles. The number of aliphatic hydroxyl groups is 2. The number of rotatable bonds is 28. The van der Waals surface area contributed by atoms with Crippen LogP contribution in [0, 0.1) is 11.3 Å². The van der Waals surface area contributed by atoms with Gasteiger partial charge >= 0.3 is 53.4 Å². The summed E-state index contributed by atoms with van der Waals surface area (Å²) in [5, 5.41) is 18.5. The number of aliphatic hydroxyl groups excluding tert-OH is 2. The maximum absolute atomic E-state index is 14.8. The van der Waals surface area contributed by atoms with Crippen molar-refractivity contribution in [2.75, 3.05) is 46.2 Å². The van der Waals surface area contributed by atoms with Gasteiger partial charge in [0, 0.05) is 43.1 Å². The van der Waals surface area contributed by atoms with Crippen LogP contribution in [-0.4, -0.2) is 110 Å². The van der Waals surface area contributed by atoms with Crippen LogP contribution >= 0.6 is 0 Å². The Bertz CT molecular complexity index is 1260. The van der Waals surface area contributed by atoms with Crippen molar-refractivity contribution >= 4 is 17.9 Å². The van der Waals surface area contributed by atoms with Crippen LogP contribution in [0.3, 0.4) is 0 Å². The summed E-state index contributed by atoms with van der Waals surface area (Å²) in [7, 11) is 0. The van der Waals surface area contributed by atoms with E-state index in [1.165, 1.54) is 6.92 Å². The molecular weight excluding hydrogens is 768 g/mol. The van der Waals surface area contributed by atoms with Crippen LogP contribution in [0.25, 0.3) is 0 Å². The van der Waals surface area contributed by atoms with Crippen molar-refractivity contribution in [2.24, 2.45) is 11.3 Å². The lowest BCUT2D eigenvalue weighted by Gasteiger charge is -2.41. The van der Waals surface area contributed by atoms with E-state index in [1.54, 1.807) is 6.92 Å². The van der Waals surface area contributed by atoms with Gasteiger partial charge in [-0.1, -0.05) is 52.7 Å². The van der Waals surface area contributed by atoms with Gasteiger partial charge < -0.3 is 29.2 Å². The van der Waals surface area contributed by atoms with Crippen molar-refractivity contribution in [1.82, 2.24) is 0 Å². The second-order valence-corrected chi connectivity index (χ2v) is 12.8. The first kappa shape index (κ1) is 50.9. The zero-order valence-corrected chi connectivity index (χ0v) is 29.9. The Balaban J connectivity index is 6.53. The second-order valence-electron chi connectivity index (χ2n) is 12.8. The van der Waals surface area contributed by atoms with Crippen LogP contribution in [0.1, 0.15) is 72.1 Å². The molecule has 2 N–H and O–H groups in total. The summed E-state index contributed by atoms with van der Waals surface area (Å²) < 4.78 is 193. The monoisotopic (exact) mass is 814 g/mol. The molecule has 0 spiro atoms. The van der Waals surface area contributed by atoms with E-state index >= 15 is 0 Å². The van der Waals surface area contributed by atoms with E-state index in [9.17, 15) is 77.3 Å². The highest BCUT2D eigenvalue weighted by Crippen LogP contribution is 2.60. The fourth-order valence-corrected chi connectivity index (χ4v) is 4.31. The molecule has 0 aliphatic carbocycles. The van der Waals surface area contributed by atoms with E-state index in [-0.39, 0.29) is 31.3 Å². The van der Waals surface area contributed by atoms with Crippen LogP contribution in [0.15, 0.2) is 24.3 Å². The minimum Gasteiger partial charge on any atom is -0.465 e. The molecule has 0 fully saturated rings. The summed E-state index contributed by atoms with van der Waals surface area (Å²) in [5.41, 5.74) is -3.10. The Morgan fingerprint density at radius 1 is 0.611 bits per heavy atom. The number of ether oxygens (including phenoxy) is 4. The first-order chi connectivity index (χ1) is 24.6. The van der Waals surface area contributed by atoms with Crippen molar-refractivity contribution in [2.45, 2.75) is 108 Å². The van der Waals surface area contributed by atoms with Gasteiger partial charge in [0.1, 0.15) is 26.4 Å². The third-order valence-electron chi connectivity index (χ3n) is 7.92. The van der Waals surface area contributed by atoms with E-state index in [1.807, 2.05) is 0 Å². The van der Waals surface area contributed by atoms with E-state index in [0.29, 0.717) is 12.8 Å². The molecule has 0 saturated carbocycles. The molecule has 0 radical (unpaired) electrons. The summed E-state index contributed by atoms with van der Waals surface area (Å²) in [5.74, 6) is -47.5. The fourth-order valence-electron chi connectivity index (χ4n) is 4.31. The normalized spacial score (nSPS) is 14.4. The number of halogens is 12.